The van der Waals surface area contributed by atoms with Crippen LogP contribution in [0.2, 0.25) is 0 Å². The first-order chi connectivity index (χ1) is 8.72. The number of hydrogen-bond acceptors (Lipinski definition) is 3. The topological polar surface area (TPSA) is 44.1 Å². The number of nitrogens with zero attached hydrogens (tertiary/aromatic N) is 2. The summed E-state index contributed by atoms with van der Waals surface area (Å²) in [5.41, 5.74) is 1.33. The van der Waals surface area contributed by atoms with Gasteiger partial charge in [0.1, 0.15) is 6.61 Å². The van der Waals surface area contributed by atoms with E-state index in [0.717, 1.165) is 5.69 Å². The van der Waals surface area contributed by atoms with Gasteiger partial charge in [-0.25, -0.2) is 9.78 Å². The minimum absolute atomic E-state index is 0.208. The van der Waals surface area contributed by atoms with Crippen molar-refractivity contribution in [3.8, 4) is 5.69 Å². The van der Waals surface area contributed by atoms with Crippen molar-refractivity contribution in [2.24, 2.45) is 0 Å². The van der Waals surface area contributed by atoms with Crippen LogP contribution in [0.4, 0.5) is 0 Å². The Bertz CT molecular complexity index is 539. The quantitative estimate of drug-likeness (QED) is 0.639. The van der Waals surface area contributed by atoms with Crippen LogP contribution in [-0.2, 0) is 4.74 Å². The maximum Gasteiger partial charge on any atom is 0.338 e. The van der Waals surface area contributed by atoms with Crippen LogP contribution in [0.15, 0.2) is 41.8 Å². The number of carbonyl (C=O) groups excluding carboxylic acids is 1. The summed E-state index contributed by atoms with van der Waals surface area (Å²) in [6, 6.07) is 6.94. The number of rotatable bonds is 4. The van der Waals surface area contributed by atoms with Crippen molar-refractivity contribution in [2.75, 3.05) is 12.5 Å². The summed E-state index contributed by atoms with van der Waals surface area (Å²) >= 11 is 10.5. The van der Waals surface area contributed by atoms with Gasteiger partial charge < -0.3 is 4.74 Å². The standard InChI is InChI=1S/C12H10ClN2O2S/c13-5-8-17-11(16)9-1-3-10(4-2-9)15-7-6-14-12(15)18/h1-4,6-7H,5,8H2. The average Bonchev–Trinajstić information content (AvgIpc) is 2.82. The van der Waals surface area contributed by atoms with Gasteiger partial charge in [0, 0.05) is 18.1 Å². The molecule has 0 spiro atoms. The molecule has 93 valence electrons. The molecule has 0 unspecified atom stereocenters. The van der Waals surface area contributed by atoms with E-state index in [2.05, 4.69) is 4.98 Å². The zero-order valence-electron chi connectivity index (χ0n) is 9.38. The molecule has 1 aromatic heterocycles. The molecule has 0 bridgehead atoms. The minimum Gasteiger partial charge on any atom is -0.461 e. The zero-order valence-corrected chi connectivity index (χ0v) is 10.9. The molecule has 1 heterocycles. The SMILES string of the molecule is O=C(OCCCl)c1ccc(-n2ccnc2[S])cc1. The van der Waals surface area contributed by atoms with E-state index in [1.807, 2.05) is 0 Å². The molecule has 0 saturated heterocycles. The molecule has 18 heavy (non-hydrogen) atoms. The Morgan fingerprint density at radius 1 is 1.39 bits per heavy atom. The highest BCUT2D eigenvalue weighted by molar-refractivity contribution is 7.80. The fourth-order valence-electron chi connectivity index (χ4n) is 1.46. The number of hydrogen-bond donors (Lipinski definition) is 0. The lowest BCUT2D eigenvalue weighted by molar-refractivity contribution is 0.0529. The number of alkyl halides is 1. The molecule has 1 aromatic carbocycles. The summed E-state index contributed by atoms with van der Waals surface area (Å²) in [6.45, 7) is 0.208. The monoisotopic (exact) mass is 281 g/mol. The number of ether oxygens (including phenoxy) is 1. The van der Waals surface area contributed by atoms with Gasteiger partial charge in [-0.15, -0.1) is 11.6 Å². The van der Waals surface area contributed by atoms with E-state index in [0.29, 0.717) is 10.7 Å². The van der Waals surface area contributed by atoms with Crippen molar-refractivity contribution < 1.29 is 9.53 Å². The maximum atomic E-state index is 11.5. The van der Waals surface area contributed by atoms with Crippen LogP contribution in [0.3, 0.4) is 0 Å². The van der Waals surface area contributed by atoms with Gasteiger partial charge in [0.2, 0.25) is 5.16 Å². The summed E-state index contributed by atoms with van der Waals surface area (Å²) in [4.78, 5) is 15.5. The molecule has 6 heteroatoms. The predicted molar refractivity (Wildman–Crippen MR) is 70.4 cm³/mol. The number of esters is 1. The third-order valence-electron chi connectivity index (χ3n) is 2.30. The summed E-state index contributed by atoms with van der Waals surface area (Å²) in [5, 5.41) is 0.479. The van der Waals surface area contributed by atoms with E-state index in [9.17, 15) is 4.79 Å². The lowest BCUT2D eigenvalue weighted by atomic mass is 10.2. The van der Waals surface area contributed by atoms with Gasteiger partial charge in [-0.3, -0.25) is 4.57 Å². The van der Waals surface area contributed by atoms with Gasteiger partial charge in [-0.2, -0.15) is 0 Å². The van der Waals surface area contributed by atoms with Crippen LogP contribution in [-0.4, -0.2) is 28.0 Å². The first-order valence-corrected chi connectivity index (χ1v) is 6.20. The van der Waals surface area contributed by atoms with Crippen molar-refractivity contribution in [3.05, 3.63) is 42.2 Å². The number of imidazole rings is 1. The van der Waals surface area contributed by atoms with Gasteiger partial charge in [-0.1, -0.05) is 0 Å². The van der Waals surface area contributed by atoms with Gasteiger partial charge in [0.25, 0.3) is 0 Å². The fraction of sp³-hybridized carbons (Fsp3) is 0.167. The summed E-state index contributed by atoms with van der Waals surface area (Å²) in [6.07, 6.45) is 3.40. The van der Waals surface area contributed by atoms with Crippen molar-refractivity contribution in [1.29, 1.82) is 0 Å². The molecule has 0 aliphatic rings. The highest BCUT2D eigenvalue weighted by Gasteiger charge is 2.07. The normalized spacial score (nSPS) is 10.3. The van der Waals surface area contributed by atoms with Crippen LogP contribution >= 0.6 is 24.2 Å². The first kappa shape index (κ1) is 12.9. The van der Waals surface area contributed by atoms with E-state index in [1.54, 1.807) is 41.2 Å². The lowest BCUT2D eigenvalue weighted by Crippen LogP contribution is -2.07. The molecule has 0 saturated carbocycles. The summed E-state index contributed by atoms with van der Waals surface area (Å²) < 4.78 is 6.67. The van der Waals surface area contributed by atoms with Crippen molar-refractivity contribution >= 4 is 30.2 Å². The molecule has 0 N–H and O–H groups in total. The maximum absolute atomic E-state index is 11.5. The number of benzene rings is 1. The number of aromatic nitrogens is 2. The largest absolute Gasteiger partial charge is 0.461 e. The van der Waals surface area contributed by atoms with Crippen molar-refractivity contribution in [2.45, 2.75) is 5.16 Å². The molecule has 1 radical (unpaired) electrons. The van der Waals surface area contributed by atoms with Crippen LogP contribution < -0.4 is 0 Å². The zero-order chi connectivity index (χ0) is 13.0. The second kappa shape index (κ2) is 5.84. The van der Waals surface area contributed by atoms with E-state index in [4.69, 9.17) is 29.0 Å². The van der Waals surface area contributed by atoms with Crippen molar-refractivity contribution in [1.82, 2.24) is 9.55 Å². The minimum atomic E-state index is -0.383. The molecule has 0 aliphatic carbocycles. The van der Waals surface area contributed by atoms with E-state index in [1.165, 1.54) is 0 Å². The van der Waals surface area contributed by atoms with Crippen LogP contribution in [0.5, 0.6) is 0 Å². The van der Waals surface area contributed by atoms with Gasteiger partial charge >= 0.3 is 5.97 Å². The van der Waals surface area contributed by atoms with Gasteiger partial charge in [0.15, 0.2) is 0 Å². The van der Waals surface area contributed by atoms with Crippen LogP contribution in [0.1, 0.15) is 10.4 Å². The fourth-order valence-corrected chi connectivity index (χ4v) is 1.76. The second-order valence-corrected chi connectivity index (χ2v) is 4.19. The third-order valence-corrected chi connectivity index (χ3v) is 2.75. The third kappa shape index (κ3) is 2.80. The molecule has 0 fully saturated rings. The smallest absolute Gasteiger partial charge is 0.338 e. The van der Waals surface area contributed by atoms with Crippen molar-refractivity contribution in [3.63, 3.8) is 0 Å². The Labute approximate surface area is 115 Å². The Hall–Kier alpha value is -1.59. The molecule has 0 amide bonds. The Kier molecular flexibility index (Phi) is 4.17. The second-order valence-electron chi connectivity index (χ2n) is 3.45. The Morgan fingerprint density at radius 2 is 2.11 bits per heavy atom. The molecular formula is C12H10ClN2O2S. The van der Waals surface area contributed by atoms with E-state index >= 15 is 0 Å². The Balaban J connectivity index is 2.15. The van der Waals surface area contributed by atoms with Crippen LogP contribution in [0, 0.1) is 0 Å². The van der Waals surface area contributed by atoms with Crippen LogP contribution in [0.25, 0.3) is 5.69 Å². The van der Waals surface area contributed by atoms with E-state index in [-0.39, 0.29) is 18.5 Å². The molecule has 0 atom stereocenters. The molecule has 2 aromatic rings. The number of carbonyl (C=O) groups is 1. The Morgan fingerprint density at radius 3 is 2.67 bits per heavy atom. The predicted octanol–water partition coefficient (Wildman–Crippen LogP) is 2.82. The van der Waals surface area contributed by atoms with E-state index < -0.39 is 0 Å². The highest BCUT2D eigenvalue weighted by Crippen LogP contribution is 2.14. The average molecular weight is 282 g/mol. The number of halogens is 1. The highest BCUT2D eigenvalue weighted by atomic mass is 35.5. The molecule has 4 nitrogen and oxygen atoms in total. The first-order valence-electron chi connectivity index (χ1n) is 5.26. The van der Waals surface area contributed by atoms with Gasteiger partial charge in [0.05, 0.1) is 11.4 Å². The summed E-state index contributed by atoms with van der Waals surface area (Å²) in [5.74, 6) is -0.0931. The lowest BCUT2D eigenvalue weighted by Gasteiger charge is -2.05. The van der Waals surface area contributed by atoms with Gasteiger partial charge in [-0.05, 0) is 36.9 Å². The molecular weight excluding hydrogens is 272 g/mol. The summed E-state index contributed by atoms with van der Waals surface area (Å²) in [7, 11) is 0. The molecule has 2 rings (SSSR count). The molecule has 0 aliphatic heterocycles.